The Hall–Kier alpha value is -1.41. The summed E-state index contributed by atoms with van der Waals surface area (Å²) in [4.78, 5) is 6.99. The van der Waals surface area contributed by atoms with Crippen molar-refractivity contribution in [1.82, 2.24) is 9.88 Å². The molecule has 0 spiro atoms. The minimum atomic E-state index is 0.605. The lowest BCUT2D eigenvalue weighted by Gasteiger charge is -2.35. The van der Waals surface area contributed by atoms with Crippen molar-refractivity contribution in [2.75, 3.05) is 13.1 Å². The van der Waals surface area contributed by atoms with Gasteiger partial charge in [-0.25, -0.2) is 0 Å². The number of hydrogen-bond donors (Lipinski definition) is 0. The third kappa shape index (κ3) is 2.13. The van der Waals surface area contributed by atoms with Crippen molar-refractivity contribution in [1.29, 1.82) is 0 Å². The van der Waals surface area contributed by atoms with Crippen LogP contribution in [0.15, 0.2) is 36.5 Å². The lowest BCUT2D eigenvalue weighted by Crippen LogP contribution is -2.33. The number of fused-ring (bicyclic) bond motifs is 1. The molecule has 2 nitrogen and oxygen atoms in total. The monoisotopic (exact) mass is 240 g/mol. The molecule has 1 atom stereocenters. The van der Waals surface area contributed by atoms with Crippen LogP contribution in [-0.2, 0) is 0 Å². The molecule has 0 unspecified atom stereocenters. The molecule has 0 bridgehead atoms. The van der Waals surface area contributed by atoms with Crippen molar-refractivity contribution in [2.24, 2.45) is 0 Å². The molecule has 1 fully saturated rings. The summed E-state index contributed by atoms with van der Waals surface area (Å²) in [5.74, 6) is 0. The smallest absolute Gasteiger partial charge is 0.0702 e. The first-order valence-corrected chi connectivity index (χ1v) is 6.97. The van der Waals surface area contributed by atoms with Gasteiger partial charge in [-0.3, -0.25) is 9.88 Å². The van der Waals surface area contributed by atoms with Gasteiger partial charge < -0.3 is 0 Å². The Morgan fingerprint density at radius 2 is 2.22 bits per heavy atom. The molecule has 2 heteroatoms. The van der Waals surface area contributed by atoms with Gasteiger partial charge in [0.2, 0.25) is 0 Å². The fourth-order valence-electron chi connectivity index (χ4n) is 3.05. The minimum absolute atomic E-state index is 0.605. The highest BCUT2D eigenvalue weighted by Gasteiger charge is 2.22. The van der Waals surface area contributed by atoms with Crippen molar-refractivity contribution in [3.05, 3.63) is 42.1 Å². The minimum Gasteiger partial charge on any atom is -0.297 e. The van der Waals surface area contributed by atoms with Crippen molar-refractivity contribution >= 4 is 10.9 Å². The largest absolute Gasteiger partial charge is 0.297 e. The molecule has 1 aromatic carbocycles. The number of likely N-dealkylation sites (tertiary alicyclic amines) is 1. The van der Waals surface area contributed by atoms with Gasteiger partial charge >= 0.3 is 0 Å². The predicted molar refractivity (Wildman–Crippen MR) is 75.6 cm³/mol. The summed E-state index contributed by atoms with van der Waals surface area (Å²) in [5.41, 5.74) is 2.55. The van der Waals surface area contributed by atoms with Crippen molar-refractivity contribution in [3.8, 4) is 0 Å². The Balaban J connectivity index is 1.97. The molecule has 2 aromatic rings. The summed E-state index contributed by atoms with van der Waals surface area (Å²) in [6, 6.07) is 11.5. The van der Waals surface area contributed by atoms with Crippen LogP contribution in [0.4, 0.5) is 0 Å². The van der Waals surface area contributed by atoms with Gasteiger partial charge in [-0.15, -0.1) is 0 Å². The van der Waals surface area contributed by atoms with E-state index in [1.165, 1.54) is 36.8 Å². The summed E-state index contributed by atoms with van der Waals surface area (Å²) < 4.78 is 0. The highest BCUT2D eigenvalue weighted by Crippen LogP contribution is 2.31. The first-order valence-electron chi connectivity index (χ1n) is 6.97. The van der Waals surface area contributed by atoms with E-state index >= 15 is 0 Å². The van der Waals surface area contributed by atoms with E-state index < -0.39 is 0 Å². The number of pyridine rings is 1. The van der Waals surface area contributed by atoms with Crippen LogP contribution in [0.25, 0.3) is 10.9 Å². The summed E-state index contributed by atoms with van der Waals surface area (Å²) in [5, 5.41) is 1.26. The third-order valence-electron chi connectivity index (χ3n) is 4.03. The van der Waals surface area contributed by atoms with Gasteiger partial charge in [-0.1, -0.05) is 25.5 Å². The van der Waals surface area contributed by atoms with Crippen LogP contribution in [0, 0.1) is 0 Å². The summed E-state index contributed by atoms with van der Waals surface area (Å²) >= 11 is 0. The second-order valence-electron chi connectivity index (χ2n) is 5.10. The number of hydrogen-bond acceptors (Lipinski definition) is 2. The Labute approximate surface area is 109 Å². The van der Waals surface area contributed by atoms with Crippen molar-refractivity contribution in [2.45, 2.75) is 32.2 Å². The van der Waals surface area contributed by atoms with Crippen LogP contribution < -0.4 is 0 Å². The maximum atomic E-state index is 4.39. The van der Waals surface area contributed by atoms with Crippen LogP contribution in [0.3, 0.4) is 0 Å². The Kier molecular flexibility index (Phi) is 3.28. The second-order valence-corrected chi connectivity index (χ2v) is 5.10. The van der Waals surface area contributed by atoms with Crippen LogP contribution in [0.2, 0.25) is 0 Å². The van der Waals surface area contributed by atoms with Gasteiger partial charge in [0.25, 0.3) is 0 Å². The van der Waals surface area contributed by atoms with E-state index in [-0.39, 0.29) is 0 Å². The summed E-state index contributed by atoms with van der Waals surface area (Å²) in [7, 11) is 0. The van der Waals surface area contributed by atoms with Crippen molar-refractivity contribution < 1.29 is 0 Å². The number of benzene rings is 1. The standard InChI is InChI=1S/C16H20N2/c1-2-18-11-4-3-7-16(18)14-8-9-15-13(12-14)6-5-10-17-15/h5-6,8-10,12,16H,2-4,7,11H2,1H3/t16-/m0/s1. The normalized spacial score (nSPS) is 21.3. The lowest BCUT2D eigenvalue weighted by atomic mass is 9.94. The number of rotatable bonds is 2. The molecule has 18 heavy (non-hydrogen) atoms. The molecule has 3 rings (SSSR count). The zero-order valence-electron chi connectivity index (χ0n) is 11.0. The zero-order chi connectivity index (χ0) is 12.4. The zero-order valence-corrected chi connectivity index (χ0v) is 11.0. The molecular weight excluding hydrogens is 220 g/mol. The Morgan fingerprint density at radius 3 is 3.11 bits per heavy atom. The highest BCUT2D eigenvalue weighted by molar-refractivity contribution is 5.79. The Morgan fingerprint density at radius 1 is 1.28 bits per heavy atom. The molecule has 1 aliphatic rings. The quantitative estimate of drug-likeness (QED) is 0.794. The van der Waals surface area contributed by atoms with E-state index in [0.717, 1.165) is 12.1 Å². The predicted octanol–water partition coefficient (Wildman–Crippen LogP) is 3.78. The van der Waals surface area contributed by atoms with Crippen LogP contribution >= 0.6 is 0 Å². The SMILES string of the molecule is CCN1CCCC[C@H]1c1ccc2ncccc2c1. The van der Waals surface area contributed by atoms with Gasteiger partial charge in [0, 0.05) is 17.6 Å². The van der Waals surface area contributed by atoms with E-state index in [1.807, 2.05) is 12.3 Å². The van der Waals surface area contributed by atoms with E-state index in [2.05, 4.69) is 41.1 Å². The van der Waals surface area contributed by atoms with Gasteiger partial charge in [0.15, 0.2) is 0 Å². The van der Waals surface area contributed by atoms with Crippen molar-refractivity contribution in [3.63, 3.8) is 0 Å². The lowest BCUT2D eigenvalue weighted by molar-refractivity contribution is 0.157. The third-order valence-corrected chi connectivity index (χ3v) is 4.03. The van der Waals surface area contributed by atoms with Gasteiger partial charge in [-0.05, 0) is 49.7 Å². The van der Waals surface area contributed by atoms with Crippen LogP contribution in [0.5, 0.6) is 0 Å². The fourth-order valence-corrected chi connectivity index (χ4v) is 3.05. The van der Waals surface area contributed by atoms with Gasteiger partial charge in [-0.2, -0.15) is 0 Å². The molecule has 1 aliphatic heterocycles. The first-order chi connectivity index (χ1) is 8.88. The molecular formula is C16H20N2. The number of nitrogens with zero attached hydrogens (tertiary/aromatic N) is 2. The number of aromatic nitrogens is 1. The molecule has 1 saturated heterocycles. The average molecular weight is 240 g/mol. The molecule has 0 amide bonds. The molecule has 94 valence electrons. The fraction of sp³-hybridized carbons (Fsp3) is 0.438. The van der Waals surface area contributed by atoms with Gasteiger partial charge in [0.1, 0.15) is 0 Å². The second kappa shape index (κ2) is 5.07. The van der Waals surface area contributed by atoms with E-state index in [0.29, 0.717) is 6.04 Å². The highest BCUT2D eigenvalue weighted by atomic mass is 15.2. The average Bonchev–Trinajstić information content (AvgIpc) is 2.46. The van der Waals surface area contributed by atoms with Crippen LogP contribution in [0.1, 0.15) is 37.8 Å². The maximum absolute atomic E-state index is 4.39. The molecule has 0 aliphatic carbocycles. The Bertz CT molecular complexity index is 535. The van der Waals surface area contributed by atoms with Crippen LogP contribution in [-0.4, -0.2) is 23.0 Å². The van der Waals surface area contributed by atoms with E-state index in [4.69, 9.17) is 0 Å². The molecule has 2 heterocycles. The van der Waals surface area contributed by atoms with E-state index in [9.17, 15) is 0 Å². The maximum Gasteiger partial charge on any atom is 0.0702 e. The van der Waals surface area contributed by atoms with E-state index in [1.54, 1.807) is 0 Å². The first kappa shape index (κ1) is 11.7. The molecule has 1 aromatic heterocycles. The summed E-state index contributed by atoms with van der Waals surface area (Å²) in [6.07, 6.45) is 5.85. The molecule has 0 N–H and O–H groups in total. The van der Waals surface area contributed by atoms with Gasteiger partial charge in [0.05, 0.1) is 5.52 Å². The topological polar surface area (TPSA) is 16.1 Å². The molecule has 0 radical (unpaired) electrons. The number of piperidine rings is 1. The summed E-state index contributed by atoms with van der Waals surface area (Å²) in [6.45, 7) is 4.66. The molecule has 0 saturated carbocycles.